The van der Waals surface area contributed by atoms with Gasteiger partial charge in [0.25, 0.3) is 0 Å². The number of aromatic nitrogens is 1. The maximum absolute atomic E-state index is 12.2. The van der Waals surface area contributed by atoms with Gasteiger partial charge in [0, 0.05) is 22.8 Å². The van der Waals surface area contributed by atoms with Crippen LogP contribution in [0.25, 0.3) is 0 Å². The smallest absolute Gasteiger partial charge is 0.244 e. The Hall–Kier alpha value is -0.660. The summed E-state index contributed by atoms with van der Waals surface area (Å²) in [6.45, 7) is 0. The summed E-state index contributed by atoms with van der Waals surface area (Å²) >= 11 is 3.27. The number of anilines is 1. The van der Waals surface area contributed by atoms with Crippen LogP contribution in [-0.4, -0.2) is 25.5 Å². The number of nitrogens with zero attached hydrogens (tertiary/aromatic N) is 1. The van der Waals surface area contributed by atoms with Crippen molar-refractivity contribution in [2.24, 2.45) is 0 Å². The molecule has 2 N–H and O–H groups in total. The number of hydrogen-bond donors (Lipinski definition) is 2. The molecule has 0 unspecified atom stereocenters. The molecule has 2 aliphatic rings. The molecule has 1 heterocycles. The van der Waals surface area contributed by atoms with Crippen molar-refractivity contribution in [2.45, 2.75) is 42.7 Å². The summed E-state index contributed by atoms with van der Waals surface area (Å²) in [4.78, 5) is 4.41. The van der Waals surface area contributed by atoms with Gasteiger partial charge in [0.15, 0.2) is 0 Å². The maximum atomic E-state index is 12.2. The van der Waals surface area contributed by atoms with E-state index in [1.165, 1.54) is 0 Å². The lowest BCUT2D eigenvalue weighted by atomic mass is 10.4. The highest BCUT2D eigenvalue weighted by atomic mass is 79.9. The second kappa shape index (κ2) is 4.47. The zero-order valence-corrected chi connectivity index (χ0v) is 12.1. The van der Waals surface area contributed by atoms with Crippen LogP contribution in [0, 0.1) is 0 Å². The fraction of sp³-hybridized carbons (Fsp3) is 0.545. The van der Waals surface area contributed by atoms with Crippen LogP contribution in [0.2, 0.25) is 0 Å². The van der Waals surface area contributed by atoms with Crippen LogP contribution < -0.4 is 10.0 Å². The molecule has 5 nitrogen and oxygen atoms in total. The molecule has 0 radical (unpaired) electrons. The van der Waals surface area contributed by atoms with Crippen LogP contribution in [0.15, 0.2) is 21.6 Å². The Bertz CT molecular complexity index is 568. The van der Waals surface area contributed by atoms with Gasteiger partial charge in [0.1, 0.15) is 10.7 Å². The first-order chi connectivity index (χ1) is 8.54. The highest BCUT2D eigenvalue weighted by Gasteiger charge is 2.31. The third kappa shape index (κ3) is 2.84. The van der Waals surface area contributed by atoms with E-state index in [4.69, 9.17) is 0 Å². The van der Waals surface area contributed by atoms with E-state index in [9.17, 15) is 8.42 Å². The summed E-state index contributed by atoms with van der Waals surface area (Å²) in [7, 11) is -3.47. The minimum atomic E-state index is -3.47. The lowest BCUT2D eigenvalue weighted by Crippen LogP contribution is -2.27. The summed E-state index contributed by atoms with van der Waals surface area (Å²) in [6, 6.07) is 2.07. The number of nitrogens with one attached hydrogen (secondary N) is 2. The predicted molar refractivity (Wildman–Crippen MR) is 71.9 cm³/mol. The highest BCUT2D eigenvalue weighted by molar-refractivity contribution is 9.10. The molecule has 2 fully saturated rings. The lowest BCUT2D eigenvalue weighted by molar-refractivity contribution is 0.581. The molecule has 0 aliphatic heterocycles. The van der Waals surface area contributed by atoms with Crippen molar-refractivity contribution in [3.8, 4) is 0 Å². The van der Waals surface area contributed by atoms with E-state index < -0.39 is 10.0 Å². The van der Waals surface area contributed by atoms with Gasteiger partial charge < -0.3 is 5.32 Å². The van der Waals surface area contributed by atoms with Crippen LogP contribution in [0.5, 0.6) is 0 Å². The average Bonchev–Trinajstić information content (AvgIpc) is 3.16. The molecule has 0 spiro atoms. The zero-order valence-electron chi connectivity index (χ0n) is 9.69. The molecule has 0 bridgehead atoms. The fourth-order valence-corrected chi connectivity index (χ4v) is 3.57. The molecule has 1 aromatic rings. The standard InChI is InChI=1S/C11H14BrN3O2S/c12-7-5-10(18(16,17)15-9-3-4-9)11(13-6-7)14-8-1-2-8/h5-6,8-9,15H,1-4H2,(H,13,14). The van der Waals surface area contributed by atoms with Gasteiger partial charge in [0.05, 0.1) is 0 Å². The minimum absolute atomic E-state index is 0.0998. The summed E-state index contributed by atoms with van der Waals surface area (Å²) in [6.07, 6.45) is 5.61. The Morgan fingerprint density at radius 2 is 1.89 bits per heavy atom. The topological polar surface area (TPSA) is 71.1 Å². The number of rotatable bonds is 5. The van der Waals surface area contributed by atoms with Gasteiger partial charge in [0.2, 0.25) is 10.0 Å². The first kappa shape index (κ1) is 12.4. The van der Waals surface area contributed by atoms with Gasteiger partial charge in [-0.1, -0.05) is 0 Å². The molecule has 18 heavy (non-hydrogen) atoms. The molecule has 2 saturated carbocycles. The Kier molecular flexibility index (Phi) is 3.07. The van der Waals surface area contributed by atoms with Crippen molar-refractivity contribution in [3.63, 3.8) is 0 Å². The fourth-order valence-electron chi connectivity index (χ4n) is 1.64. The molecule has 0 saturated heterocycles. The maximum Gasteiger partial charge on any atom is 0.244 e. The summed E-state index contributed by atoms with van der Waals surface area (Å²) < 4.78 is 27.8. The molecule has 2 aliphatic carbocycles. The Balaban J connectivity index is 1.93. The Morgan fingerprint density at radius 1 is 1.22 bits per heavy atom. The molecular formula is C11H14BrN3O2S. The number of pyridine rings is 1. The summed E-state index contributed by atoms with van der Waals surface area (Å²) in [5.74, 6) is 0.453. The van der Waals surface area contributed by atoms with Crippen LogP contribution >= 0.6 is 15.9 Å². The van der Waals surface area contributed by atoms with Crippen molar-refractivity contribution >= 4 is 31.8 Å². The van der Waals surface area contributed by atoms with Crippen LogP contribution in [0.1, 0.15) is 25.7 Å². The van der Waals surface area contributed by atoms with E-state index in [-0.39, 0.29) is 10.9 Å². The zero-order chi connectivity index (χ0) is 12.8. The largest absolute Gasteiger partial charge is 0.366 e. The van der Waals surface area contributed by atoms with Crippen molar-refractivity contribution in [3.05, 3.63) is 16.7 Å². The van der Waals surface area contributed by atoms with Gasteiger partial charge in [-0.05, 0) is 47.7 Å². The Labute approximate surface area is 115 Å². The highest BCUT2D eigenvalue weighted by Crippen LogP contribution is 2.30. The summed E-state index contributed by atoms with van der Waals surface area (Å²) in [5.41, 5.74) is 0. The number of sulfonamides is 1. The van der Waals surface area contributed by atoms with E-state index in [0.29, 0.717) is 16.3 Å². The molecule has 0 amide bonds. The lowest BCUT2D eigenvalue weighted by Gasteiger charge is -2.12. The quantitative estimate of drug-likeness (QED) is 0.863. The number of hydrogen-bond acceptors (Lipinski definition) is 4. The third-order valence-electron chi connectivity index (χ3n) is 2.93. The van der Waals surface area contributed by atoms with E-state index in [1.54, 1.807) is 12.3 Å². The van der Waals surface area contributed by atoms with Gasteiger partial charge >= 0.3 is 0 Å². The van der Waals surface area contributed by atoms with Crippen molar-refractivity contribution in [2.75, 3.05) is 5.32 Å². The van der Waals surface area contributed by atoms with E-state index in [2.05, 4.69) is 31.0 Å². The molecule has 1 aromatic heterocycles. The van der Waals surface area contributed by atoms with Crippen LogP contribution in [0.4, 0.5) is 5.82 Å². The molecule has 0 atom stereocenters. The van der Waals surface area contributed by atoms with Crippen LogP contribution in [-0.2, 0) is 10.0 Å². The first-order valence-corrected chi connectivity index (χ1v) is 8.26. The number of halogens is 1. The van der Waals surface area contributed by atoms with Crippen molar-refractivity contribution in [1.82, 2.24) is 9.71 Å². The van der Waals surface area contributed by atoms with E-state index in [0.717, 1.165) is 25.7 Å². The average molecular weight is 332 g/mol. The molecule has 0 aromatic carbocycles. The molecule has 3 rings (SSSR count). The summed E-state index contributed by atoms with van der Waals surface area (Å²) in [5, 5.41) is 3.16. The SMILES string of the molecule is O=S(=O)(NC1CC1)c1cc(Br)cnc1NC1CC1. The second-order valence-electron chi connectivity index (χ2n) is 4.81. The predicted octanol–water partition coefficient (Wildman–Crippen LogP) is 1.86. The van der Waals surface area contributed by atoms with Gasteiger partial charge in [-0.3, -0.25) is 0 Å². The third-order valence-corrected chi connectivity index (χ3v) is 4.89. The van der Waals surface area contributed by atoms with Gasteiger partial charge in [-0.15, -0.1) is 0 Å². The van der Waals surface area contributed by atoms with Crippen LogP contribution in [0.3, 0.4) is 0 Å². The van der Waals surface area contributed by atoms with E-state index >= 15 is 0 Å². The monoisotopic (exact) mass is 331 g/mol. The van der Waals surface area contributed by atoms with Crippen molar-refractivity contribution < 1.29 is 8.42 Å². The molecular weight excluding hydrogens is 318 g/mol. The normalized spacial score (nSPS) is 19.8. The minimum Gasteiger partial charge on any atom is -0.366 e. The first-order valence-electron chi connectivity index (χ1n) is 5.99. The second-order valence-corrected chi connectivity index (χ2v) is 7.41. The van der Waals surface area contributed by atoms with Gasteiger partial charge in [-0.2, -0.15) is 0 Å². The van der Waals surface area contributed by atoms with Gasteiger partial charge in [-0.25, -0.2) is 18.1 Å². The molecule has 7 heteroatoms. The molecule has 98 valence electrons. The van der Waals surface area contributed by atoms with E-state index in [1.807, 2.05) is 0 Å². The van der Waals surface area contributed by atoms with Crippen molar-refractivity contribution in [1.29, 1.82) is 0 Å². The Morgan fingerprint density at radius 3 is 2.50 bits per heavy atom.